The zero-order valence-electron chi connectivity index (χ0n) is 15.0. The Morgan fingerprint density at radius 1 is 0.963 bits per heavy atom. The topological polar surface area (TPSA) is 27.1 Å². The van der Waals surface area contributed by atoms with E-state index in [0.717, 1.165) is 38.8 Å². The number of benzene rings is 3. The molecule has 1 heterocycles. The van der Waals surface area contributed by atoms with Crippen molar-refractivity contribution < 1.29 is 4.74 Å². The van der Waals surface area contributed by atoms with Crippen LogP contribution in [0.4, 0.5) is 0 Å². The lowest BCUT2D eigenvalue weighted by atomic mass is 10.2. The van der Waals surface area contributed by atoms with Crippen LogP contribution >= 0.6 is 11.6 Å². The van der Waals surface area contributed by atoms with Gasteiger partial charge in [-0.25, -0.2) is 4.98 Å². The minimum Gasteiger partial charge on any atom is -0.496 e. The first-order valence-corrected chi connectivity index (χ1v) is 9.13. The van der Waals surface area contributed by atoms with E-state index in [-0.39, 0.29) is 0 Å². The highest BCUT2D eigenvalue weighted by Gasteiger charge is 2.09. The minimum atomic E-state index is 0.701. The molecule has 4 rings (SSSR count). The van der Waals surface area contributed by atoms with E-state index < -0.39 is 0 Å². The van der Waals surface area contributed by atoms with Gasteiger partial charge in [0.25, 0.3) is 0 Å². The monoisotopic (exact) mass is 374 g/mol. The third-order valence-electron chi connectivity index (χ3n) is 4.46. The summed E-state index contributed by atoms with van der Waals surface area (Å²) < 4.78 is 7.64. The maximum absolute atomic E-state index is 6.16. The lowest BCUT2D eigenvalue weighted by Gasteiger charge is -2.08. The average Bonchev–Trinajstić information content (AvgIpc) is 3.04. The molecule has 0 fully saturated rings. The van der Waals surface area contributed by atoms with E-state index >= 15 is 0 Å². The number of fused-ring (bicyclic) bond motifs is 1. The fourth-order valence-electron chi connectivity index (χ4n) is 3.17. The molecule has 4 aromatic rings. The van der Waals surface area contributed by atoms with Crippen LogP contribution in [0.2, 0.25) is 5.02 Å². The Labute approximate surface area is 163 Å². The molecule has 0 atom stereocenters. The van der Waals surface area contributed by atoms with Crippen LogP contribution in [0.5, 0.6) is 5.75 Å². The van der Waals surface area contributed by atoms with Crippen LogP contribution in [-0.4, -0.2) is 16.7 Å². The number of hydrogen-bond acceptors (Lipinski definition) is 2. The molecule has 27 heavy (non-hydrogen) atoms. The number of aromatic nitrogens is 2. The SMILES string of the molecule is COc1ccccc1/C=C/c1nc2ccccc2n1Cc1cccc(Cl)c1. The number of methoxy groups -OCH3 is 1. The summed E-state index contributed by atoms with van der Waals surface area (Å²) in [7, 11) is 1.68. The quantitative estimate of drug-likeness (QED) is 0.433. The Kier molecular flexibility index (Phi) is 4.95. The lowest BCUT2D eigenvalue weighted by Crippen LogP contribution is -2.02. The van der Waals surface area contributed by atoms with Crippen molar-refractivity contribution >= 4 is 34.8 Å². The van der Waals surface area contributed by atoms with Crippen molar-refractivity contribution in [3.63, 3.8) is 0 Å². The number of hydrogen-bond donors (Lipinski definition) is 0. The molecule has 0 aliphatic rings. The van der Waals surface area contributed by atoms with Crippen LogP contribution < -0.4 is 4.74 Å². The van der Waals surface area contributed by atoms with E-state index in [0.29, 0.717) is 6.54 Å². The molecular weight excluding hydrogens is 356 g/mol. The third kappa shape index (κ3) is 3.74. The van der Waals surface area contributed by atoms with E-state index in [1.807, 2.05) is 72.8 Å². The summed E-state index contributed by atoms with van der Waals surface area (Å²) in [5.74, 6) is 1.73. The Morgan fingerprint density at radius 2 is 1.78 bits per heavy atom. The second-order valence-electron chi connectivity index (χ2n) is 6.25. The van der Waals surface area contributed by atoms with Crippen molar-refractivity contribution in [3.05, 3.63) is 94.8 Å². The molecule has 3 nitrogen and oxygen atoms in total. The molecule has 0 bridgehead atoms. The van der Waals surface area contributed by atoms with E-state index in [1.54, 1.807) is 7.11 Å². The van der Waals surface area contributed by atoms with Gasteiger partial charge in [-0.15, -0.1) is 0 Å². The summed E-state index contributed by atoms with van der Waals surface area (Å²) in [5.41, 5.74) is 4.22. The maximum Gasteiger partial charge on any atom is 0.134 e. The number of halogens is 1. The van der Waals surface area contributed by atoms with E-state index in [1.165, 1.54) is 0 Å². The van der Waals surface area contributed by atoms with Crippen LogP contribution in [0.15, 0.2) is 72.8 Å². The van der Waals surface area contributed by atoms with Gasteiger partial charge in [0.1, 0.15) is 11.6 Å². The highest BCUT2D eigenvalue weighted by atomic mass is 35.5. The summed E-state index contributed by atoms with van der Waals surface area (Å²) in [6.45, 7) is 0.701. The highest BCUT2D eigenvalue weighted by Crippen LogP contribution is 2.23. The van der Waals surface area contributed by atoms with Crippen LogP contribution in [0.25, 0.3) is 23.2 Å². The largest absolute Gasteiger partial charge is 0.496 e. The van der Waals surface area contributed by atoms with Crippen molar-refractivity contribution in [2.45, 2.75) is 6.54 Å². The van der Waals surface area contributed by atoms with Crippen LogP contribution in [0, 0.1) is 0 Å². The zero-order chi connectivity index (χ0) is 18.6. The summed E-state index contributed by atoms with van der Waals surface area (Å²) in [6, 6.07) is 24.0. The number of nitrogens with zero attached hydrogens (tertiary/aromatic N) is 2. The predicted octanol–water partition coefficient (Wildman–Crippen LogP) is 5.92. The Morgan fingerprint density at radius 3 is 2.63 bits per heavy atom. The summed E-state index contributed by atoms with van der Waals surface area (Å²) >= 11 is 6.16. The van der Waals surface area contributed by atoms with Gasteiger partial charge in [-0.3, -0.25) is 0 Å². The molecule has 0 unspecified atom stereocenters. The predicted molar refractivity (Wildman–Crippen MR) is 112 cm³/mol. The van der Waals surface area contributed by atoms with Crippen molar-refractivity contribution in [3.8, 4) is 5.75 Å². The Bertz CT molecular complexity index is 1110. The van der Waals surface area contributed by atoms with Gasteiger partial charge in [0.15, 0.2) is 0 Å². The van der Waals surface area contributed by atoms with Gasteiger partial charge in [0.2, 0.25) is 0 Å². The van der Waals surface area contributed by atoms with Gasteiger partial charge < -0.3 is 9.30 Å². The van der Waals surface area contributed by atoms with Gasteiger partial charge in [0, 0.05) is 17.1 Å². The number of para-hydroxylation sites is 3. The van der Waals surface area contributed by atoms with Crippen molar-refractivity contribution in [2.24, 2.45) is 0 Å². The standard InChI is InChI=1S/C23H19ClN2O/c1-27-22-12-5-2-8-18(22)13-14-23-25-20-10-3-4-11-21(20)26(23)16-17-7-6-9-19(24)15-17/h2-15H,16H2,1H3/b14-13+. The Hall–Kier alpha value is -3.04. The molecule has 0 radical (unpaired) electrons. The highest BCUT2D eigenvalue weighted by molar-refractivity contribution is 6.30. The fraction of sp³-hybridized carbons (Fsp3) is 0.0870. The van der Waals surface area contributed by atoms with Crippen LogP contribution in [0.3, 0.4) is 0 Å². The maximum atomic E-state index is 6.16. The van der Waals surface area contributed by atoms with E-state index in [9.17, 15) is 0 Å². The normalized spacial score (nSPS) is 11.3. The molecule has 3 aromatic carbocycles. The minimum absolute atomic E-state index is 0.701. The summed E-state index contributed by atoms with van der Waals surface area (Å²) in [4.78, 5) is 4.80. The molecule has 1 aromatic heterocycles. The fourth-order valence-corrected chi connectivity index (χ4v) is 3.39. The van der Waals surface area contributed by atoms with Gasteiger partial charge in [0.05, 0.1) is 18.1 Å². The smallest absolute Gasteiger partial charge is 0.134 e. The molecule has 134 valence electrons. The van der Waals surface area contributed by atoms with Crippen LogP contribution in [0.1, 0.15) is 17.0 Å². The lowest BCUT2D eigenvalue weighted by molar-refractivity contribution is 0.414. The number of rotatable bonds is 5. The molecule has 0 spiro atoms. The van der Waals surface area contributed by atoms with Crippen molar-refractivity contribution in [1.82, 2.24) is 9.55 Å². The number of ether oxygens (including phenoxy) is 1. The average molecular weight is 375 g/mol. The van der Waals surface area contributed by atoms with Gasteiger partial charge in [-0.2, -0.15) is 0 Å². The second-order valence-corrected chi connectivity index (χ2v) is 6.69. The van der Waals surface area contributed by atoms with Crippen molar-refractivity contribution in [1.29, 1.82) is 0 Å². The molecule has 0 aliphatic carbocycles. The first kappa shape index (κ1) is 17.4. The first-order chi connectivity index (χ1) is 13.2. The zero-order valence-corrected chi connectivity index (χ0v) is 15.7. The van der Waals surface area contributed by atoms with Gasteiger partial charge in [-0.1, -0.05) is 54.1 Å². The summed E-state index contributed by atoms with van der Waals surface area (Å²) in [5, 5.41) is 0.739. The molecule has 4 heteroatoms. The number of imidazole rings is 1. The van der Waals surface area contributed by atoms with Gasteiger partial charge in [-0.05, 0) is 48.0 Å². The molecule has 0 N–H and O–H groups in total. The Balaban J connectivity index is 1.77. The van der Waals surface area contributed by atoms with Gasteiger partial charge >= 0.3 is 0 Å². The van der Waals surface area contributed by atoms with E-state index in [4.69, 9.17) is 21.3 Å². The van der Waals surface area contributed by atoms with Crippen molar-refractivity contribution in [2.75, 3.05) is 7.11 Å². The molecular formula is C23H19ClN2O. The van der Waals surface area contributed by atoms with E-state index in [2.05, 4.69) is 16.7 Å². The molecule has 0 amide bonds. The first-order valence-electron chi connectivity index (χ1n) is 8.75. The second kappa shape index (κ2) is 7.68. The molecule has 0 saturated carbocycles. The molecule has 0 saturated heterocycles. The van der Waals surface area contributed by atoms with Crippen LogP contribution in [-0.2, 0) is 6.54 Å². The third-order valence-corrected chi connectivity index (χ3v) is 4.70. The molecule has 0 aliphatic heterocycles. The summed E-state index contributed by atoms with van der Waals surface area (Å²) in [6.07, 6.45) is 4.07.